The number of amides is 1. The molecule has 2 fully saturated rings. The molecule has 2 aliphatic rings. The number of carbonyl (C=O) groups is 2. The van der Waals surface area contributed by atoms with E-state index in [0.29, 0.717) is 12.5 Å². The first-order valence-electron chi connectivity index (χ1n) is 11.6. The van der Waals surface area contributed by atoms with E-state index < -0.39 is 12.0 Å². The lowest BCUT2D eigenvalue weighted by Crippen LogP contribution is -2.41. The van der Waals surface area contributed by atoms with Gasteiger partial charge in [-0.25, -0.2) is 4.79 Å². The van der Waals surface area contributed by atoms with Crippen molar-refractivity contribution >= 4 is 11.9 Å². The maximum absolute atomic E-state index is 12.4. The molecule has 1 atom stereocenters. The Morgan fingerprint density at radius 2 is 1.67 bits per heavy atom. The number of rotatable bonds is 8. The maximum atomic E-state index is 12.4. The maximum Gasteiger partial charge on any atom is 0.326 e. The lowest BCUT2D eigenvalue weighted by atomic mass is 9.95. The van der Waals surface area contributed by atoms with Crippen molar-refractivity contribution in [2.24, 2.45) is 0 Å². The Balaban J connectivity index is 1.55. The second-order valence-electron chi connectivity index (χ2n) is 8.86. The van der Waals surface area contributed by atoms with Crippen molar-refractivity contribution in [3.63, 3.8) is 0 Å². The molecule has 30 heavy (non-hydrogen) atoms. The Labute approximate surface area is 180 Å². The van der Waals surface area contributed by atoms with Crippen molar-refractivity contribution in [2.75, 3.05) is 0 Å². The van der Waals surface area contributed by atoms with Crippen LogP contribution in [0, 0.1) is 0 Å². The van der Waals surface area contributed by atoms with E-state index in [9.17, 15) is 14.7 Å². The van der Waals surface area contributed by atoms with Gasteiger partial charge in [0.25, 0.3) is 0 Å². The summed E-state index contributed by atoms with van der Waals surface area (Å²) >= 11 is 0. The molecule has 5 nitrogen and oxygen atoms in total. The van der Waals surface area contributed by atoms with Crippen LogP contribution in [-0.2, 0) is 22.6 Å². The third-order valence-electron chi connectivity index (χ3n) is 6.33. The molecule has 0 heterocycles. The molecule has 0 spiro atoms. The van der Waals surface area contributed by atoms with E-state index in [0.717, 1.165) is 48.9 Å². The summed E-state index contributed by atoms with van der Waals surface area (Å²) in [5, 5.41) is 16.0. The number of aliphatic carboxylic acids is 1. The van der Waals surface area contributed by atoms with Gasteiger partial charge >= 0.3 is 5.97 Å². The number of carbonyl (C=O) groups excluding carboxylic acids is 1. The Hall–Kier alpha value is -2.14. The van der Waals surface area contributed by atoms with Crippen molar-refractivity contribution in [3.8, 4) is 0 Å². The van der Waals surface area contributed by atoms with Crippen LogP contribution in [0.2, 0.25) is 0 Å². The zero-order valence-electron chi connectivity index (χ0n) is 18.0. The van der Waals surface area contributed by atoms with Crippen molar-refractivity contribution in [3.05, 3.63) is 47.0 Å². The van der Waals surface area contributed by atoms with Crippen LogP contribution in [-0.4, -0.2) is 29.1 Å². The molecule has 0 aliphatic heterocycles. The molecule has 3 rings (SSSR count). The van der Waals surface area contributed by atoms with Gasteiger partial charge in [-0.1, -0.05) is 61.9 Å². The second-order valence-corrected chi connectivity index (χ2v) is 8.86. The van der Waals surface area contributed by atoms with Gasteiger partial charge in [-0.2, -0.15) is 0 Å². The van der Waals surface area contributed by atoms with Gasteiger partial charge in [-0.15, -0.1) is 0 Å². The Morgan fingerprint density at radius 3 is 2.37 bits per heavy atom. The molecule has 5 heteroatoms. The number of nitrogens with one attached hydrogen (secondary N) is 2. The van der Waals surface area contributed by atoms with Crippen LogP contribution >= 0.6 is 0 Å². The van der Waals surface area contributed by atoms with Gasteiger partial charge in [0.1, 0.15) is 6.04 Å². The van der Waals surface area contributed by atoms with Crippen LogP contribution in [0.4, 0.5) is 0 Å². The third-order valence-corrected chi connectivity index (χ3v) is 6.33. The average Bonchev–Trinajstić information content (AvgIpc) is 3.01. The molecule has 1 amide bonds. The number of benzene rings is 1. The molecule has 2 aliphatic carbocycles. The molecule has 1 aromatic rings. The molecule has 0 aromatic heterocycles. The summed E-state index contributed by atoms with van der Waals surface area (Å²) in [6.45, 7) is 0.800. The zero-order valence-corrected chi connectivity index (χ0v) is 18.0. The first-order valence-corrected chi connectivity index (χ1v) is 11.6. The second kappa shape index (κ2) is 11.9. The number of carboxylic acid groups (broad SMARTS) is 1. The monoisotopic (exact) mass is 412 g/mol. The summed E-state index contributed by atoms with van der Waals surface area (Å²) in [6.07, 6.45) is 14.9. The van der Waals surface area contributed by atoms with Gasteiger partial charge in [0.15, 0.2) is 0 Å². The van der Waals surface area contributed by atoms with E-state index in [1.54, 1.807) is 6.08 Å². The largest absolute Gasteiger partial charge is 0.480 e. The third kappa shape index (κ3) is 7.60. The van der Waals surface area contributed by atoms with Crippen LogP contribution in [0.1, 0.15) is 81.8 Å². The Kier molecular flexibility index (Phi) is 8.94. The number of hydrogen-bond donors (Lipinski definition) is 3. The summed E-state index contributed by atoms with van der Waals surface area (Å²) in [7, 11) is 0. The smallest absolute Gasteiger partial charge is 0.326 e. The standard InChI is InChI=1S/C25H36N2O3/c28-24(17-19-9-4-1-2-5-10-19)27-23(25(29)30)16-20-11-8-12-21(15-20)18-26-22-13-6-3-7-14-22/h8,11-12,15,17,22-23,26H,1-7,9-10,13-14,16,18H2,(H,27,28)(H,29,30)/t23-/m0/s1. The van der Waals surface area contributed by atoms with E-state index in [4.69, 9.17) is 0 Å². The molecule has 1 aromatic carbocycles. The molecule has 2 saturated carbocycles. The van der Waals surface area contributed by atoms with Crippen LogP contribution in [0.25, 0.3) is 0 Å². The fraction of sp³-hybridized carbons (Fsp3) is 0.600. The average molecular weight is 413 g/mol. The van der Waals surface area contributed by atoms with Gasteiger partial charge < -0.3 is 15.7 Å². The van der Waals surface area contributed by atoms with Crippen molar-refractivity contribution < 1.29 is 14.7 Å². The van der Waals surface area contributed by atoms with E-state index >= 15 is 0 Å². The first kappa shape index (κ1) is 22.5. The summed E-state index contributed by atoms with van der Waals surface area (Å²) < 4.78 is 0. The minimum Gasteiger partial charge on any atom is -0.480 e. The lowest BCUT2D eigenvalue weighted by molar-refractivity contribution is -0.141. The zero-order chi connectivity index (χ0) is 21.2. The predicted molar refractivity (Wildman–Crippen MR) is 119 cm³/mol. The highest BCUT2D eigenvalue weighted by Crippen LogP contribution is 2.22. The van der Waals surface area contributed by atoms with E-state index in [2.05, 4.69) is 22.8 Å². The van der Waals surface area contributed by atoms with Crippen molar-refractivity contribution in [1.29, 1.82) is 0 Å². The van der Waals surface area contributed by atoms with Gasteiger partial charge in [-0.05, 0) is 49.7 Å². The summed E-state index contributed by atoms with van der Waals surface area (Å²) in [5.41, 5.74) is 3.24. The topological polar surface area (TPSA) is 78.4 Å². The van der Waals surface area contributed by atoms with E-state index in [1.165, 1.54) is 44.9 Å². The molecule has 0 bridgehead atoms. The van der Waals surface area contributed by atoms with E-state index in [-0.39, 0.29) is 5.91 Å². The number of carboxylic acids is 1. The molecule has 0 unspecified atom stereocenters. The SMILES string of the molecule is O=C(C=C1CCCCCC1)N[C@@H](Cc1cccc(CNC2CCCCC2)c1)C(=O)O. The van der Waals surface area contributed by atoms with Gasteiger partial charge in [-0.3, -0.25) is 4.79 Å². The normalized spacial score (nSPS) is 19.0. The highest BCUT2D eigenvalue weighted by Gasteiger charge is 2.20. The lowest BCUT2D eigenvalue weighted by Gasteiger charge is -2.23. The number of hydrogen-bond acceptors (Lipinski definition) is 3. The van der Waals surface area contributed by atoms with Gasteiger partial charge in [0.2, 0.25) is 5.91 Å². The molecule has 0 saturated heterocycles. The summed E-state index contributed by atoms with van der Waals surface area (Å²) in [6, 6.07) is 7.72. The van der Waals surface area contributed by atoms with Gasteiger partial charge in [0.05, 0.1) is 0 Å². The quantitative estimate of drug-likeness (QED) is 0.434. The first-order chi connectivity index (χ1) is 14.6. The molecular weight excluding hydrogens is 376 g/mol. The fourth-order valence-electron chi connectivity index (χ4n) is 4.60. The van der Waals surface area contributed by atoms with Crippen LogP contribution in [0.3, 0.4) is 0 Å². The minimum absolute atomic E-state index is 0.283. The predicted octanol–water partition coefficient (Wildman–Crippen LogP) is 4.50. The molecule has 3 N–H and O–H groups in total. The van der Waals surface area contributed by atoms with Crippen LogP contribution in [0.15, 0.2) is 35.9 Å². The van der Waals surface area contributed by atoms with Crippen LogP contribution in [0.5, 0.6) is 0 Å². The highest BCUT2D eigenvalue weighted by atomic mass is 16.4. The molecular formula is C25H36N2O3. The summed E-state index contributed by atoms with van der Waals surface area (Å²) in [4.78, 5) is 24.2. The molecule has 164 valence electrons. The fourth-order valence-corrected chi connectivity index (χ4v) is 4.60. The number of allylic oxidation sites excluding steroid dienone is 1. The highest BCUT2D eigenvalue weighted by molar-refractivity contribution is 5.91. The molecule has 0 radical (unpaired) electrons. The minimum atomic E-state index is -0.992. The van der Waals surface area contributed by atoms with Crippen LogP contribution < -0.4 is 10.6 Å². The van der Waals surface area contributed by atoms with Crippen molar-refractivity contribution in [1.82, 2.24) is 10.6 Å². The Bertz CT molecular complexity index is 728. The van der Waals surface area contributed by atoms with Crippen molar-refractivity contribution in [2.45, 2.75) is 95.7 Å². The van der Waals surface area contributed by atoms with E-state index in [1.807, 2.05) is 12.1 Å². The Morgan fingerprint density at radius 1 is 1.00 bits per heavy atom. The summed E-state index contributed by atoms with van der Waals surface area (Å²) in [5.74, 6) is -1.28. The van der Waals surface area contributed by atoms with Gasteiger partial charge in [0, 0.05) is 25.1 Å².